The first-order valence-electron chi connectivity index (χ1n) is 9.78. The Balaban J connectivity index is 1.68. The number of para-hydroxylation sites is 1. The smallest absolute Gasteiger partial charge is 0.246 e. The Morgan fingerprint density at radius 1 is 1.15 bits per heavy atom. The van der Waals surface area contributed by atoms with Gasteiger partial charge in [-0.05, 0) is 36.8 Å². The molecular formula is C21H25N3O2. The summed E-state index contributed by atoms with van der Waals surface area (Å²) in [4.78, 5) is 33.9. The van der Waals surface area contributed by atoms with Crippen molar-refractivity contribution < 1.29 is 9.59 Å². The van der Waals surface area contributed by atoms with E-state index in [1.54, 1.807) is 0 Å². The van der Waals surface area contributed by atoms with Gasteiger partial charge >= 0.3 is 0 Å². The quantitative estimate of drug-likeness (QED) is 0.904. The number of carbonyl (C=O) groups is 2. The number of benzene rings is 1. The second-order valence-corrected chi connectivity index (χ2v) is 8.36. The number of amides is 2. The van der Waals surface area contributed by atoms with E-state index in [0.29, 0.717) is 12.3 Å². The third kappa shape index (κ3) is 2.09. The van der Waals surface area contributed by atoms with Crippen molar-refractivity contribution in [3.63, 3.8) is 0 Å². The Labute approximate surface area is 153 Å². The molecule has 0 saturated carbocycles. The lowest BCUT2D eigenvalue weighted by atomic mass is 9.85. The summed E-state index contributed by atoms with van der Waals surface area (Å²) in [5.74, 6) is 0.751. The fourth-order valence-electron chi connectivity index (χ4n) is 5.22. The maximum absolute atomic E-state index is 13.3. The zero-order valence-corrected chi connectivity index (χ0v) is 15.4. The van der Waals surface area contributed by atoms with Crippen molar-refractivity contribution in [2.75, 3.05) is 6.54 Å². The summed E-state index contributed by atoms with van der Waals surface area (Å²) in [6.45, 7) is 5.10. The molecule has 1 aromatic heterocycles. The molecule has 2 fully saturated rings. The Morgan fingerprint density at radius 3 is 2.77 bits per heavy atom. The summed E-state index contributed by atoms with van der Waals surface area (Å²) >= 11 is 0. The fourth-order valence-corrected chi connectivity index (χ4v) is 5.22. The molecule has 1 aromatic carbocycles. The number of H-pyrrole nitrogens is 1. The number of hydrogen-bond donors (Lipinski definition) is 1. The minimum Gasteiger partial charge on any atom is -0.356 e. The largest absolute Gasteiger partial charge is 0.356 e. The first-order valence-corrected chi connectivity index (χ1v) is 9.78. The van der Waals surface area contributed by atoms with E-state index in [1.807, 2.05) is 21.9 Å². The van der Waals surface area contributed by atoms with Crippen LogP contribution in [0, 0.1) is 5.92 Å². The van der Waals surface area contributed by atoms with E-state index in [2.05, 4.69) is 31.0 Å². The van der Waals surface area contributed by atoms with E-state index in [9.17, 15) is 9.59 Å². The minimum atomic E-state index is -0.340. The zero-order chi connectivity index (χ0) is 18.0. The standard InChI is InChI=1S/C21H25N3O2/c1-12(2)10-17-19-14(13-6-3-4-7-15(13)22-19)11-18-20(25)23-9-5-8-16(23)21(26)24(17)18/h3-4,6-7,12,16-18,22H,5,8-11H2,1-2H3/t16-,17?,18-/m0/s1. The first-order chi connectivity index (χ1) is 12.6. The van der Waals surface area contributed by atoms with Crippen LogP contribution in [-0.2, 0) is 16.0 Å². The molecule has 2 amide bonds. The fraction of sp³-hybridized carbons (Fsp3) is 0.524. The molecule has 3 aliphatic rings. The summed E-state index contributed by atoms with van der Waals surface area (Å²) in [6, 6.07) is 7.68. The van der Waals surface area contributed by atoms with Crippen LogP contribution in [-0.4, -0.2) is 45.2 Å². The SMILES string of the molecule is CC(C)CC1c2[nH]c3ccccc3c2C[C@H]2C(=O)N3CCC[C@H]3C(=O)N12. The van der Waals surface area contributed by atoms with Gasteiger partial charge in [-0.15, -0.1) is 0 Å². The Kier molecular flexibility index (Phi) is 3.43. The number of aromatic amines is 1. The van der Waals surface area contributed by atoms with Crippen molar-refractivity contribution >= 4 is 22.7 Å². The third-order valence-corrected chi connectivity index (χ3v) is 6.30. The van der Waals surface area contributed by atoms with Crippen LogP contribution in [0.25, 0.3) is 10.9 Å². The van der Waals surface area contributed by atoms with Gasteiger partial charge in [0.15, 0.2) is 0 Å². The van der Waals surface area contributed by atoms with Gasteiger partial charge in [0.25, 0.3) is 0 Å². The minimum absolute atomic E-state index is 0.0321. The Morgan fingerprint density at radius 2 is 1.96 bits per heavy atom. The van der Waals surface area contributed by atoms with E-state index in [0.717, 1.165) is 37.0 Å². The number of nitrogens with zero attached hydrogens (tertiary/aromatic N) is 2. The molecule has 3 atom stereocenters. The molecule has 26 heavy (non-hydrogen) atoms. The van der Waals surface area contributed by atoms with E-state index in [1.165, 1.54) is 10.9 Å². The summed E-state index contributed by atoms with van der Waals surface area (Å²) in [6.07, 6.45) is 3.25. The van der Waals surface area contributed by atoms with Crippen molar-refractivity contribution in [1.82, 2.24) is 14.8 Å². The van der Waals surface area contributed by atoms with Gasteiger partial charge < -0.3 is 14.8 Å². The molecule has 2 aromatic rings. The van der Waals surface area contributed by atoms with Crippen molar-refractivity contribution in [3.05, 3.63) is 35.5 Å². The lowest BCUT2D eigenvalue weighted by Crippen LogP contribution is -2.65. The van der Waals surface area contributed by atoms with E-state index >= 15 is 0 Å². The molecule has 5 heteroatoms. The average Bonchev–Trinajstić information content (AvgIpc) is 3.24. The highest BCUT2D eigenvalue weighted by molar-refractivity contribution is 5.99. The molecule has 1 N–H and O–H groups in total. The molecule has 4 heterocycles. The van der Waals surface area contributed by atoms with Gasteiger partial charge in [0.2, 0.25) is 11.8 Å². The predicted molar refractivity (Wildman–Crippen MR) is 99.6 cm³/mol. The van der Waals surface area contributed by atoms with Gasteiger partial charge in [-0.1, -0.05) is 32.0 Å². The van der Waals surface area contributed by atoms with Crippen LogP contribution in [0.2, 0.25) is 0 Å². The lowest BCUT2D eigenvalue weighted by molar-refractivity contribution is -0.163. The van der Waals surface area contributed by atoms with Gasteiger partial charge in [0, 0.05) is 29.6 Å². The second kappa shape index (κ2) is 5.60. The van der Waals surface area contributed by atoms with Crippen molar-refractivity contribution in [1.29, 1.82) is 0 Å². The number of nitrogens with one attached hydrogen (secondary N) is 1. The molecule has 5 rings (SSSR count). The van der Waals surface area contributed by atoms with Crippen molar-refractivity contribution in [2.45, 2.75) is 57.7 Å². The van der Waals surface area contributed by atoms with Gasteiger partial charge in [-0.2, -0.15) is 0 Å². The van der Waals surface area contributed by atoms with Crippen LogP contribution >= 0.6 is 0 Å². The highest BCUT2D eigenvalue weighted by Gasteiger charge is 2.52. The molecule has 0 radical (unpaired) electrons. The Bertz CT molecular complexity index is 900. The number of fused-ring (bicyclic) bond motifs is 5. The number of rotatable bonds is 2. The topological polar surface area (TPSA) is 56.4 Å². The Hall–Kier alpha value is -2.30. The van der Waals surface area contributed by atoms with Crippen LogP contribution in [0.4, 0.5) is 0 Å². The normalized spacial score (nSPS) is 27.9. The van der Waals surface area contributed by atoms with Crippen LogP contribution in [0.1, 0.15) is 50.4 Å². The summed E-state index contributed by atoms with van der Waals surface area (Å²) in [5.41, 5.74) is 3.47. The molecule has 3 aliphatic heterocycles. The molecule has 0 aliphatic carbocycles. The van der Waals surface area contributed by atoms with E-state index < -0.39 is 0 Å². The molecule has 0 bridgehead atoms. The highest BCUT2D eigenvalue weighted by atomic mass is 16.2. The van der Waals surface area contributed by atoms with Crippen LogP contribution < -0.4 is 0 Å². The molecular weight excluding hydrogens is 326 g/mol. The zero-order valence-electron chi connectivity index (χ0n) is 15.4. The number of carbonyl (C=O) groups excluding carboxylic acids is 2. The first kappa shape index (κ1) is 15.9. The monoisotopic (exact) mass is 351 g/mol. The summed E-state index contributed by atoms with van der Waals surface area (Å²) < 4.78 is 0. The molecule has 2 saturated heterocycles. The molecule has 5 nitrogen and oxygen atoms in total. The predicted octanol–water partition coefficient (Wildman–Crippen LogP) is 3.01. The van der Waals surface area contributed by atoms with Gasteiger partial charge in [0.05, 0.1) is 6.04 Å². The van der Waals surface area contributed by atoms with Crippen LogP contribution in [0.3, 0.4) is 0 Å². The van der Waals surface area contributed by atoms with Gasteiger partial charge in [-0.25, -0.2) is 0 Å². The second-order valence-electron chi connectivity index (χ2n) is 8.36. The number of piperazine rings is 1. The van der Waals surface area contributed by atoms with Crippen LogP contribution in [0.15, 0.2) is 24.3 Å². The summed E-state index contributed by atoms with van der Waals surface area (Å²) in [7, 11) is 0. The highest BCUT2D eigenvalue weighted by Crippen LogP contribution is 2.43. The maximum atomic E-state index is 13.3. The third-order valence-electron chi connectivity index (χ3n) is 6.30. The van der Waals surface area contributed by atoms with E-state index in [4.69, 9.17) is 0 Å². The lowest BCUT2D eigenvalue weighted by Gasteiger charge is -2.48. The molecule has 1 unspecified atom stereocenters. The maximum Gasteiger partial charge on any atom is 0.246 e. The number of hydrogen-bond acceptors (Lipinski definition) is 2. The van der Waals surface area contributed by atoms with Gasteiger partial charge in [-0.3, -0.25) is 9.59 Å². The average molecular weight is 351 g/mol. The number of aromatic nitrogens is 1. The van der Waals surface area contributed by atoms with Crippen LogP contribution in [0.5, 0.6) is 0 Å². The van der Waals surface area contributed by atoms with Crippen molar-refractivity contribution in [3.8, 4) is 0 Å². The summed E-state index contributed by atoms with van der Waals surface area (Å²) in [5, 5.41) is 1.19. The van der Waals surface area contributed by atoms with Crippen molar-refractivity contribution in [2.24, 2.45) is 5.92 Å². The molecule has 136 valence electrons. The van der Waals surface area contributed by atoms with Gasteiger partial charge in [0.1, 0.15) is 12.1 Å². The van der Waals surface area contributed by atoms with E-state index in [-0.39, 0.29) is 29.9 Å². The molecule has 0 spiro atoms.